The lowest BCUT2D eigenvalue weighted by Crippen LogP contribution is -2.13. The molecular formula is C11H14N4O2S2. The molecule has 19 heavy (non-hydrogen) atoms. The maximum absolute atomic E-state index is 11.4. The number of hydrogen-bond donors (Lipinski definition) is 2. The zero-order chi connectivity index (χ0) is 14.0. The molecule has 8 heteroatoms. The number of anilines is 1. The first-order valence-corrected chi connectivity index (χ1v) is 7.90. The quantitative estimate of drug-likeness (QED) is 0.889. The highest BCUT2D eigenvalue weighted by Crippen LogP contribution is 2.23. The maximum Gasteiger partial charge on any atom is 0.238 e. The van der Waals surface area contributed by atoms with Crippen LogP contribution in [0, 0.1) is 13.8 Å². The van der Waals surface area contributed by atoms with Crippen LogP contribution in [-0.4, -0.2) is 18.0 Å². The molecule has 1 heterocycles. The zero-order valence-corrected chi connectivity index (χ0v) is 12.2. The molecule has 6 nitrogen and oxygen atoms in total. The third kappa shape index (κ3) is 3.28. The summed E-state index contributed by atoms with van der Waals surface area (Å²) in [4.78, 5) is 0.106. The molecule has 2 aromatic rings. The second-order valence-corrected chi connectivity index (χ2v) is 6.38. The third-order valence-electron chi connectivity index (χ3n) is 2.83. The van der Waals surface area contributed by atoms with Crippen LogP contribution in [-0.2, 0) is 16.6 Å². The molecule has 0 bridgehead atoms. The lowest BCUT2D eigenvalue weighted by atomic mass is 10.1. The van der Waals surface area contributed by atoms with E-state index in [1.165, 1.54) is 17.6 Å². The molecule has 0 saturated carbocycles. The summed E-state index contributed by atoms with van der Waals surface area (Å²) >= 11 is 1.27. The molecule has 3 N–H and O–H groups in total. The first-order valence-electron chi connectivity index (χ1n) is 5.52. The number of aryl methyl sites for hydroxylation is 1. The van der Waals surface area contributed by atoms with Crippen LogP contribution < -0.4 is 10.5 Å². The zero-order valence-electron chi connectivity index (χ0n) is 10.5. The van der Waals surface area contributed by atoms with E-state index in [4.69, 9.17) is 5.14 Å². The monoisotopic (exact) mass is 298 g/mol. The lowest BCUT2D eigenvalue weighted by Gasteiger charge is -2.12. The van der Waals surface area contributed by atoms with E-state index in [1.807, 2.05) is 19.2 Å². The van der Waals surface area contributed by atoms with Crippen molar-refractivity contribution in [1.82, 2.24) is 9.59 Å². The number of benzene rings is 1. The first kappa shape index (κ1) is 13.9. The Balaban J connectivity index is 2.31. The van der Waals surface area contributed by atoms with Crippen LogP contribution in [0.1, 0.15) is 16.8 Å². The van der Waals surface area contributed by atoms with Crippen LogP contribution in [0.4, 0.5) is 5.69 Å². The fraction of sp³-hybridized carbons (Fsp3) is 0.273. The first-order chi connectivity index (χ1) is 8.88. The van der Waals surface area contributed by atoms with Crippen molar-refractivity contribution in [3.63, 3.8) is 0 Å². The maximum atomic E-state index is 11.4. The summed E-state index contributed by atoms with van der Waals surface area (Å²) in [5.41, 5.74) is 3.39. The van der Waals surface area contributed by atoms with Crippen molar-refractivity contribution in [1.29, 1.82) is 0 Å². The van der Waals surface area contributed by atoms with E-state index < -0.39 is 10.0 Å². The van der Waals surface area contributed by atoms with E-state index in [1.54, 1.807) is 6.07 Å². The Bertz CT molecular complexity index is 681. The van der Waals surface area contributed by atoms with Crippen molar-refractivity contribution in [2.45, 2.75) is 25.3 Å². The van der Waals surface area contributed by atoms with E-state index >= 15 is 0 Å². The highest BCUT2D eigenvalue weighted by molar-refractivity contribution is 7.89. The molecule has 0 spiro atoms. The van der Waals surface area contributed by atoms with Gasteiger partial charge in [0.05, 0.1) is 17.1 Å². The number of sulfonamides is 1. The van der Waals surface area contributed by atoms with Gasteiger partial charge in [0.2, 0.25) is 10.0 Å². The molecule has 0 saturated heterocycles. The van der Waals surface area contributed by atoms with Gasteiger partial charge in [0.15, 0.2) is 0 Å². The third-order valence-corrected chi connectivity index (χ3v) is 4.28. The normalized spacial score (nSPS) is 11.5. The fourth-order valence-electron chi connectivity index (χ4n) is 1.62. The van der Waals surface area contributed by atoms with Crippen LogP contribution in [0.5, 0.6) is 0 Å². The van der Waals surface area contributed by atoms with Gasteiger partial charge in [0.1, 0.15) is 0 Å². The Morgan fingerprint density at radius 3 is 2.68 bits per heavy atom. The van der Waals surface area contributed by atoms with Crippen molar-refractivity contribution in [2.24, 2.45) is 5.14 Å². The molecule has 1 aromatic heterocycles. The topological polar surface area (TPSA) is 98.0 Å². The summed E-state index contributed by atoms with van der Waals surface area (Å²) < 4.78 is 26.6. The summed E-state index contributed by atoms with van der Waals surface area (Å²) in [6.07, 6.45) is 0. The SMILES string of the molecule is Cc1cc(S(N)(=O)=O)cc(NCc2csnn2)c1C. The Labute approximate surface area is 115 Å². The summed E-state index contributed by atoms with van der Waals surface area (Å²) in [5, 5.41) is 14.1. The number of hydrogen-bond acceptors (Lipinski definition) is 6. The van der Waals surface area contributed by atoms with Gasteiger partial charge in [-0.2, -0.15) is 0 Å². The molecule has 0 fully saturated rings. The molecule has 2 rings (SSSR count). The Morgan fingerprint density at radius 2 is 2.11 bits per heavy atom. The molecule has 0 radical (unpaired) electrons. The number of nitrogens with zero attached hydrogens (tertiary/aromatic N) is 2. The molecule has 0 unspecified atom stereocenters. The number of nitrogens with two attached hydrogens (primary N) is 1. The number of nitrogens with one attached hydrogen (secondary N) is 1. The Hall–Kier alpha value is -1.51. The highest BCUT2D eigenvalue weighted by atomic mass is 32.2. The van der Waals surface area contributed by atoms with Crippen LogP contribution in [0.3, 0.4) is 0 Å². The molecule has 0 aliphatic carbocycles. The number of primary sulfonamides is 1. The number of rotatable bonds is 4. The Morgan fingerprint density at radius 1 is 1.37 bits per heavy atom. The van der Waals surface area contributed by atoms with Gasteiger partial charge in [-0.3, -0.25) is 0 Å². The van der Waals surface area contributed by atoms with Gasteiger partial charge in [-0.25, -0.2) is 13.6 Å². The molecule has 0 aliphatic rings. The lowest BCUT2D eigenvalue weighted by molar-refractivity contribution is 0.597. The number of aromatic nitrogens is 2. The molecule has 0 amide bonds. The molecule has 102 valence electrons. The minimum atomic E-state index is -3.70. The van der Waals surface area contributed by atoms with Gasteiger partial charge in [0, 0.05) is 11.1 Å². The van der Waals surface area contributed by atoms with Gasteiger partial charge < -0.3 is 5.32 Å². The minimum Gasteiger partial charge on any atom is -0.379 e. The highest BCUT2D eigenvalue weighted by Gasteiger charge is 2.12. The minimum absolute atomic E-state index is 0.106. The van der Waals surface area contributed by atoms with E-state index in [2.05, 4.69) is 14.9 Å². The largest absolute Gasteiger partial charge is 0.379 e. The molecule has 0 atom stereocenters. The predicted molar refractivity (Wildman–Crippen MR) is 74.5 cm³/mol. The smallest absolute Gasteiger partial charge is 0.238 e. The standard InChI is InChI=1S/C11H14N4O2S2/c1-7-3-10(19(12,16)17)4-11(8(7)2)13-5-9-6-18-15-14-9/h3-4,6,13H,5H2,1-2H3,(H2,12,16,17). The van der Waals surface area contributed by atoms with Crippen LogP contribution in [0.25, 0.3) is 0 Å². The van der Waals surface area contributed by atoms with E-state index in [0.717, 1.165) is 22.5 Å². The van der Waals surface area contributed by atoms with Crippen molar-refractivity contribution in [3.05, 3.63) is 34.3 Å². The summed E-state index contributed by atoms with van der Waals surface area (Å²) in [7, 11) is -3.70. The van der Waals surface area contributed by atoms with Gasteiger partial charge in [-0.05, 0) is 48.6 Å². The average molecular weight is 298 g/mol. The average Bonchev–Trinajstić information content (AvgIpc) is 2.82. The summed E-state index contributed by atoms with van der Waals surface area (Å²) in [5.74, 6) is 0. The van der Waals surface area contributed by atoms with Crippen molar-refractivity contribution in [2.75, 3.05) is 5.32 Å². The van der Waals surface area contributed by atoms with Crippen molar-refractivity contribution >= 4 is 27.2 Å². The fourth-order valence-corrected chi connectivity index (χ4v) is 2.70. The molecule has 1 aromatic carbocycles. The van der Waals surface area contributed by atoms with Crippen LogP contribution in [0.2, 0.25) is 0 Å². The predicted octanol–water partition coefficient (Wildman–Crippen LogP) is 1.41. The Kier molecular flexibility index (Phi) is 3.83. The molecular weight excluding hydrogens is 284 g/mol. The molecule has 0 aliphatic heterocycles. The van der Waals surface area contributed by atoms with Gasteiger partial charge in [-0.15, -0.1) is 5.10 Å². The second-order valence-electron chi connectivity index (χ2n) is 4.21. The summed E-state index contributed by atoms with van der Waals surface area (Å²) in [6.45, 7) is 4.26. The van der Waals surface area contributed by atoms with Crippen molar-refractivity contribution in [3.8, 4) is 0 Å². The van der Waals surface area contributed by atoms with Gasteiger partial charge in [0.25, 0.3) is 0 Å². The van der Waals surface area contributed by atoms with Gasteiger partial charge >= 0.3 is 0 Å². The van der Waals surface area contributed by atoms with E-state index in [9.17, 15) is 8.42 Å². The second kappa shape index (κ2) is 5.24. The van der Waals surface area contributed by atoms with Crippen LogP contribution in [0.15, 0.2) is 22.4 Å². The summed E-state index contributed by atoms with van der Waals surface area (Å²) in [6, 6.07) is 3.11. The van der Waals surface area contributed by atoms with Gasteiger partial charge in [-0.1, -0.05) is 4.49 Å². The van der Waals surface area contributed by atoms with E-state index in [-0.39, 0.29) is 4.90 Å². The van der Waals surface area contributed by atoms with E-state index in [0.29, 0.717) is 6.54 Å². The van der Waals surface area contributed by atoms with Crippen LogP contribution >= 0.6 is 11.5 Å². The van der Waals surface area contributed by atoms with Crippen molar-refractivity contribution < 1.29 is 8.42 Å².